The van der Waals surface area contributed by atoms with Crippen LogP contribution in [0.25, 0.3) is 6.08 Å². The van der Waals surface area contributed by atoms with E-state index >= 15 is 0 Å². The average Bonchev–Trinajstić information content (AvgIpc) is 2.15. The zero-order valence-electron chi connectivity index (χ0n) is 7.70. The Kier molecular flexibility index (Phi) is 3.99. The molecule has 1 rings (SSSR count). The van der Waals surface area contributed by atoms with Gasteiger partial charge in [-0.2, -0.15) is 0 Å². The Hall–Kier alpha value is -1.35. The molecule has 0 aliphatic rings. The number of nitrogens with one attached hydrogen (secondary N) is 1. The summed E-state index contributed by atoms with van der Waals surface area (Å²) < 4.78 is 0. The van der Waals surface area contributed by atoms with Gasteiger partial charge in [-0.1, -0.05) is 6.08 Å². The van der Waals surface area contributed by atoms with E-state index in [1.165, 1.54) is 6.20 Å². The molecule has 1 aromatic rings. The van der Waals surface area contributed by atoms with E-state index in [9.17, 15) is 0 Å². The lowest BCUT2D eigenvalue weighted by molar-refractivity contribution is 0.472. The van der Waals surface area contributed by atoms with E-state index in [2.05, 4.69) is 16.4 Å². The molecule has 0 saturated heterocycles. The monoisotopic (exact) mass is 178 g/mol. The Morgan fingerprint density at radius 2 is 2.38 bits per heavy atom. The Balaban J connectivity index is 2.44. The van der Waals surface area contributed by atoms with Crippen LogP contribution in [0.2, 0.25) is 0 Å². The van der Waals surface area contributed by atoms with Gasteiger partial charge in [0.05, 0.1) is 11.9 Å². The van der Waals surface area contributed by atoms with Crippen LogP contribution in [-0.2, 0) is 0 Å². The maximum atomic E-state index is 8.97. The number of rotatable bonds is 4. The summed E-state index contributed by atoms with van der Waals surface area (Å²) in [5.41, 5.74) is 0.869. The average molecular weight is 178 g/mol. The summed E-state index contributed by atoms with van der Waals surface area (Å²) in [5, 5.41) is 12.0. The van der Waals surface area contributed by atoms with E-state index in [1.54, 1.807) is 12.1 Å². The zero-order valence-corrected chi connectivity index (χ0v) is 7.70. The maximum absolute atomic E-state index is 8.97. The SMILES string of the molecule is CNCCC=Cc1ccc(O)cn1. The fourth-order valence-electron chi connectivity index (χ4n) is 0.928. The molecule has 0 amide bonds. The second-order valence-electron chi connectivity index (χ2n) is 2.74. The highest BCUT2D eigenvalue weighted by Crippen LogP contribution is 2.06. The lowest BCUT2D eigenvalue weighted by Gasteiger charge is -1.93. The summed E-state index contributed by atoms with van der Waals surface area (Å²) in [5.74, 6) is 0.201. The molecule has 0 unspecified atom stereocenters. The fourth-order valence-corrected chi connectivity index (χ4v) is 0.928. The number of pyridine rings is 1. The molecule has 3 heteroatoms. The number of hydrogen-bond acceptors (Lipinski definition) is 3. The van der Waals surface area contributed by atoms with Gasteiger partial charge < -0.3 is 10.4 Å². The van der Waals surface area contributed by atoms with Crippen LogP contribution in [0, 0.1) is 0 Å². The Bertz CT molecular complexity index is 267. The van der Waals surface area contributed by atoms with E-state index in [-0.39, 0.29) is 5.75 Å². The molecule has 1 heterocycles. The minimum absolute atomic E-state index is 0.201. The van der Waals surface area contributed by atoms with Crippen LogP contribution in [0.3, 0.4) is 0 Å². The van der Waals surface area contributed by atoms with Crippen molar-refractivity contribution in [2.45, 2.75) is 6.42 Å². The summed E-state index contributed by atoms with van der Waals surface area (Å²) in [6.07, 6.45) is 6.42. The number of aromatic hydroxyl groups is 1. The van der Waals surface area contributed by atoms with Crippen molar-refractivity contribution in [2.75, 3.05) is 13.6 Å². The molecule has 13 heavy (non-hydrogen) atoms. The first-order valence-electron chi connectivity index (χ1n) is 4.29. The standard InChI is InChI=1S/C10H14N2O/c1-11-7-3-2-4-9-5-6-10(13)8-12-9/h2,4-6,8,11,13H,3,7H2,1H3. The Morgan fingerprint density at radius 1 is 1.54 bits per heavy atom. The highest BCUT2D eigenvalue weighted by Gasteiger charge is 1.88. The molecule has 0 atom stereocenters. The second-order valence-corrected chi connectivity index (χ2v) is 2.74. The van der Waals surface area contributed by atoms with E-state index in [0.29, 0.717) is 0 Å². The molecule has 70 valence electrons. The molecule has 0 bridgehead atoms. The van der Waals surface area contributed by atoms with Gasteiger partial charge in [-0.05, 0) is 38.2 Å². The molecule has 0 spiro atoms. The molecular weight excluding hydrogens is 164 g/mol. The predicted molar refractivity (Wildman–Crippen MR) is 53.5 cm³/mol. The smallest absolute Gasteiger partial charge is 0.133 e. The van der Waals surface area contributed by atoms with Gasteiger partial charge in [-0.25, -0.2) is 0 Å². The second kappa shape index (κ2) is 5.32. The number of aromatic nitrogens is 1. The van der Waals surface area contributed by atoms with Gasteiger partial charge in [0, 0.05) is 0 Å². The number of nitrogens with zero attached hydrogens (tertiary/aromatic N) is 1. The molecule has 0 aliphatic heterocycles. The van der Waals surface area contributed by atoms with Gasteiger partial charge in [0.2, 0.25) is 0 Å². The summed E-state index contributed by atoms with van der Waals surface area (Å²) in [7, 11) is 1.92. The quantitative estimate of drug-likeness (QED) is 0.685. The zero-order chi connectivity index (χ0) is 9.52. The minimum Gasteiger partial charge on any atom is -0.506 e. The van der Waals surface area contributed by atoms with Crippen molar-refractivity contribution < 1.29 is 5.11 Å². The van der Waals surface area contributed by atoms with Gasteiger partial charge in [-0.3, -0.25) is 4.98 Å². The first-order valence-corrected chi connectivity index (χ1v) is 4.29. The molecule has 0 fully saturated rings. The van der Waals surface area contributed by atoms with Gasteiger partial charge in [0.15, 0.2) is 0 Å². The third-order valence-corrected chi connectivity index (χ3v) is 1.62. The first-order chi connectivity index (χ1) is 6.33. The minimum atomic E-state index is 0.201. The van der Waals surface area contributed by atoms with E-state index in [1.807, 2.05) is 13.1 Å². The largest absolute Gasteiger partial charge is 0.506 e. The van der Waals surface area contributed by atoms with E-state index < -0.39 is 0 Å². The van der Waals surface area contributed by atoms with Gasteiger partial charge >= 0.3 is 0 Å². The van der Waals surface area contributed by atoms with Crippen LogP contribution in [0.4, 0.5) is 0 Å². The van der Waals surface area contributed by atoms with Gasteiger partial charge in [0.1, 0.15) is 5.75 Å². The van der Waals surface area contributed by atoms with Crippen molar-refractivity contribution in [2.24, 2.45) is 0 Å². The molecule has 2 N–H and O–H groups in total. The highest BCUT2D eigenvalue weighted by molar-refractivity contribution is 5.44. The summed E-state index contributed by atoms with van der Waals surface area (Å²) in [4.78, 5) is 4.02. The summed E-state index contributed by atoms with van der Waals surface area (Å²) in [6, 6.07) is 3.41. The first kappa shape index (κ1) is 9.74. The fraction of sp³-hybridized carbons (Fsp3) is 0.300. The molecule has 0 aliphatic carbocycles. The summed E-state index contributed by atoms with van der Waals surface area (Å²) in [6.45, 7) is 0.967. The van der Waals surface area contributed by atoms with Gasteiger partial charge in [0.25, 0.3) is 0 Å². The molecule has 0 radical (unpaired) electrons. The highest BCUT2D eigenvalue weighted by atomic mass is 16.3. The third-order valence-electron chi connectivity index (χ3n) is 1.62. The lowest BCUT2D eigenvalue weighted by atomic mass is 10.3. The van der Waals surface area contributed by atoms with Crippen molar-refractivity contribution in [1.82, 2.24) is 10.3 Å². The third kappa shape index (κ3) is 3.71. The van der Waals surface area contributed by atoms with Crippen molar-refractivity contribution in [3.05, 3.63) is 30.1 Å². The summed E-state index contributed by atoms with van der Waals surface area (Å²) >= 11 is 0. The normalized spacial score (nSPS) is 10.8. The van der Waals surface area contributed by atoms with Crippen molar-refractivity contribution >= 4 is 6.08 Å². The topological polar surface area (TPSA) is 45.1 Å². The van der Waals surface area contributed by atoms with Crippen LogP contribution in [0.1, 0.15) is 12.1 Å². The van der Waals surface area contributed by atoms with E-state index in [4.69, 9.17) is 5.11 Å². The van der Waals surface area contributed by atoms with Crippen molar-refractivity contribution in [1.29, 1.82) is 0 Å². The molecular formula is C10H14N2O. The molecule has 0 aromatic carbocycles. The van der Waals surface area contributed by atoms with Crippen LogP contribution >= 0.6 is 0 Å². The molecule has 1 aromatic heterocycles. The Morgan fingerprint density at radius 3 is 3.00 bits per heavy atom. The van der Waals surface area contributed by atoms with Gasteiger partial charge in [-0.15, -0.1) is 0 Å². The molecule has 3 nitrogen and oxygen atoms in total. The molecule has 0 saturated carbocycles. The van der Waals surface area contributed by atoms with Crippen LogP contribution < -0.4 is 5.32 Å². The van der Waals surface area contributed by atoms with Crippen molar-refractivity contribution in [3.63, 3.8) is 0 Å². The maximum Gasteiger partial charge on any atom is 0.133 e. The lowest BCUT2D eigenvalue weighted by Crippen LogP contribution is -2.05. The predicted octanol–water partition coefficient (Wildman–Crippen LogP) is 1.41. The van der Waals surface area contributed by atoms with Crippen LogP contribution in [0.5, 0.6) is 5.75 Å². The van der Waals surface area contributed by atoms with Crippen molar-refractivity contribution in [3.8, 4) is 5.75 Å². The number of hydrogen-bond donors (Lipinski definition) is 2. The van der Waals surface area contributed by atoms with Crippen LogP contribution in [0.15, 0.2) is 24.4 Å². The Labute approximate surface area is 78.1 Å². The van der Waals surface area contributed by atoms with E-state index in [0.717, 1.165) is 18.7 Å². The van der Waals surface area contributed by atoms with Crippen LogP contribution in [-0.4, -0.2) is 23.7 Å².